The number of halogens is 1. The predicted molar refractivity (Wildman–Crippen MR) is 113 cm³/mol. The minimum Gasteiger partial charge on any atom is -0.490 e. The van der Waals surface area contributed by atoms with Crippen molar-refractivity contribution in [2.75, 3.05) is 19.6 Å². The van der Waals surface area contributed by atoms with Crippen LogP contribution in [0.1, 0.15) is 25.6 Å². The number of hydrogen-bond donors (Lipinski definition) is 1. The molecule has 7 nitrogen and oxygen atoms in total. The van der Waals surface area contributed by atoms with E-state index in [4.69, 9.17) is 9.73 Å². The van der Waals surface area contributed by atoms with Gasteiger partial charge in [0.15, 0.2) is 11.8 Å². The summed E-state index contributed by atoms with van der Waals surface area (Å²) in [6.45, 7) is 5.32. The molecule has 1 N–H and O–H groups in total. The van der Waals surface area contributed by atoms with Crippen molar-refractivity contribution in [1.82, 2.24) is 25.0 Å². The third-order valence-electron chi connectivity index (χ3n) is 4.30. The Labute approximate surface area is 171 Å². The van der Waals surface area contributed by atoms with Crippen molar-refractivity contribution in [2.24, 2.45) is 12.0 Å². The Bertz CT molecular complexity index is 682. The molecule has 2 aromatic rings. The maximum absolute atomic E-state index is 6.07. The maximum atomic E-state index is 6.07. The van der Waals surface area contributed by atoms with Gasteiger partial charge in [0.05, 0.1) is 0 Å². The summed E-state index contributed by atoms with van der Waals surface area (Å²) in [4.78, 5) is 7.01. The number of likely N-dealkylation sites (tertiary alicyclic amines) is 1. The standard InChI is InChI=1S/C18H26N6O.HI/c1-3-19-18(20-13-17-22-21-14-23(17)2)24-11-9-16(10-12-24)25-15-7-5-4-6-8-15;/h4-8,14,16H,3,9-13H2,1-2H3,(H,19,20);1H. The van der Waals surface area contributed by atoms with Crippen LogP contribution in [0.5, 0.6) is 5.75 Å². The minimum atomic E-state index is 0. The zero-order valence-corrected chi connectivity index (χ0v) is 17.7. The summed E-state index contributed by atoms with van der Waals surface area (Å²) in [5, 5.41) is 11.4. The highest BCUT2D eigenvalue weighted by molar-refractivity contribution is 14.0. The molecule has 8 heteroatoms. The number of piperidine rings is 1. The topological polar surface area (TPSA) is 67.6 Å². The normalized spacial score (nSPS) is 15.5. The predicted octanol–water partition coefficient (Wildman–Crippen LogP) is 2.44. The SMILES string of the molecule is CCNC(=NCc1nncn1C)N1CCC(Oc2ccccc2)CC1.I. The molecule has 0 bridgehead atoms. The number of rotatable bonds is 5. The first-order valence-electron chi connectivity index (χ1n) is 8.84. The molecule has 0 aliphatic carbocycles. The van der Waals surface area contributed by atoms with Crippen LogP contribution < -0.4 is 10.1 Å². The molecule has 1 fully saturated rings. The summed E-state index contributed by atoms with van der Waals surface area (Å²) in [7, 11) is 1.93. The largest absolute Gasteiger partial charge is 0.490 e. The zero-order chi connectivity index (χ0) is 17.5. The molecule has 0 radical (unpaired) electrons. The lowest BCUT2D eigenvalue weighted by Gasteiger charge is -2.34. The van der Waals surface area contributed by atoms with E-state index in [1.165, 1.54) is 0 Å². The molecule has 2 heterocycles. The van der Waals surface area contributed by atoms with Gasteiger partial charge >= 0.3 is 0 Å². The monoisotopic (exact) mass is 470 g/mol. The van der Waals surface area contributed by atoms with E-state index in [1.807, 2.05) is 41.9 Å². The van der Waals surface area contributed by atoms with Crippen LogP contribution in [0, 0.1) is 0 Å². The number of benzene rings is 1. The molecule has 3 rings (SSSR count). The molecular weight excluding hydrogens is 443 g/mol. The lowest BCUT2D eigenvalue weighted by molar-refractivity contribution is 0.129. The molecule has 0 saturated carbocycles. The van der Waals surface area contributed by atoms with Gasteiger partial charge in [0.25, 0.3) is 0 Å². The average Bonchev–Trinajstić information content (AvgIpc) is 3.05. The van der Waals surface area contributed by atoms with Crippen molar-refractivity contribution < 1.29 is 4.74 Å². The Balaban J connectivity index is 0.00000243. The second-order valence-electron chi connectivity index (χ2n) is 6.15. The van der Waals surface area contributed by atoms with Crippen LogP contribution in [0.25, 0.3) is 0 Å². The molecule has 0 unspecified atom stereocenters. The molecule has 1 aromatic heterocycles. The van der Waals surface area contributed by atoms with Gasteiger partial charge in [-0.1, -0.05) is 18.2 Å². The smallest absolute Gasteiger partial charge is 0.194 e. The van der Waals surface area contributed by atoms with Gasteiger partial charge in [-0.25, -0.2) is 4.99 Å². The molecule has 26 heavy (non-hydrogen) atoms. The van der Waals surface area contributed by atoms with Gasteiger partial charge in [-0.15, -0.1) is 34.2 Å². The number of ether oxygens (including phenoxy) is 1. The molecule has 1 aliphatic heterocycles. The van der Waals surface area contributed by atoms with Crippen LogP contribution in [-0.2, 0) is 13.6 Å². The van der Waals surface area contributed by atoms with Gasteiger partial charge in [-0.05, 0) is 19.1 Å². The third-order valence-corrected chi connectivity index (χ3v) is 4.30. The first-order chi connectivity index (χ1) is 12.3. The van der Waals surface area contributed by atoms with E-state index in [1.54, 1.807) is 6.33 Å². The van der Waals surface area contributed by atoms with Crippen molar-refractivity contribution in [2.45, 2.75) is 32.4 Å². The van der Waals surface area contributed by atoms with Crippen LogP contribution in [0.3, 0.4) is 0 Å². The number of aromatic nitrogens is 3. The average molecular weight is 470 g/mol. The van der Waals surface area contributed by atoms with Crippen LogP contribution in [0.2, 0.25) is 0 Å². The molecule has 142 valence electrons. The summed E-state index contributed by atoms with van der Waals surface area (Å²) in [5.74, 6) is 2.74. The Morgan fingerprint density at radius 1 is 1.27 bits per heavy atom. The summed E-state index contributed by atoms with van der Waals surface area (Å²) in [5.41, 5.74) is 0. The first-order valence-corrected chi connectivity index (χ1v) is 8.84. The van der Waals surface area contributed by atoms with E-state index in [9.17, 15) is 0 Å². The summed E-state index contributed by atoms with van der Waals surface area (Å²) in [6.07, 6.45) is 3.94. The van der Waals surface area contributed by atoms with Gasteiger partial charge in [-0.2, -0.15) is 0 Å². The number of guanidine groups is 1. The quantitative estimate of drug-likeness (QED) is 0.413. The van der Waals surface area contributed by atoms with E-state index >= 15 is 0 Å². The van der Waals surface area contributed by atoms with Crippen LogP contribution >= 0.6 is 24.0 Å². The van der Waals surface area contributed by atoms with Crippen LogP contribution in [-0.4, -0.2) is 51.4 Å². The Hall–Kier alpha value is -1.84. The number of para-hydroxylation sites is 1. The number of nitrogens with zero attached hydrogens (tertiary/aromatic N) is 5. The fraction of sp³-hybridized carbons (Fsp3) is 0.500. The van der Waals surface area contributed by atoms with E-state index < -0.39 is 0 Å². The molecule has 0 amide bonds. The number of aliphatic imine (C=N–C) groups is 1. The van der Waals surface area contributed by atoms with Crippen molar-refractivity contribution in [1.29, 1.82) is 0 Å². The second kappa shape index (κ2) is 10.3. The van der Waals surface area contributed by atoms with Gasteiger partial charge in [-0.3, -0.25) is 0 Å². The third kappa shape index (κ3) is 5.58. The van der Waals surface area contributed by atoms with Crippen molar-refractivity contribution in [3.63, 3.8) is 0 Å². The Kier molecular flexibility index (Phi) is 8.14. The minimum absolute atomic E-state index is 0. The van der Waals surface area contributed by atoms with Gasteiger partial charge < -0.3 is 19.5 Å². The van der Waals surface area contributed by atoms with Crippen LogP contribution in [0.4, 0.5) is 0 Å². The van der Waals surface area contributed by atoms with E-state index in [0.29, 0.717) is 6.54 Å². The maximum Gasteiger partial charge on any atom is 0.194 e. The van der Waals surface area contributed by atoms with Gasteiger partial charge in [0.2, 0.25) is 0 Å². The molecular formula is C18H27IN6O. The van der Waals surface area contributed by atoms with E-state index in [0.717, 1.165) is 50.0 Å². The summed E-state index contributed by atoms with van der Waals surface area (Å²) >= 11 is 0. The Morgan fingerprint density at radius 3 is 2.62 bits per heavy atom. The number of aryl methyl sites for hydroxylation is 1. The molecule has 0 spiro atoms. The highest BCUT2D eigenvalue weighted by Gasteiger charge is 2.22. The van der Waals surface area contributed by atoms with E-state index in [-0.39, 0.29) is 30.1 Å². The fourth-order valence-electron chi connectivity index (χ4n) is 2.90. The lowest BCUT2D eigenvalue weighted by atomic mass is 10.1. The van der Waals surface area contributed by atoms with Gasteiger partial charge in [0.1, 0.15) is 24.7 Å². The van der Waals surface area contributed by atoms with Crippen molar-refractivity contribution in [3.8, 4) is 5.75 Å². The van der Waals surface area contributed by atoms with Crippen molar-refractivity contribution in [3.05, 3.63) is 42.5 Å². The first kappa shape index (κ1) is 20.5. The zero-order valence-electron chi connectivity index (χ0n) is 15.3. The highest BCUT2D eigenvalue weighted by Crippen LogP contribution is 2.18. The molecule has 0 atom stereocenters. The lowest BCUT2D eigenvalue weighted by Crippen LogP contribution is -2.47. The molecule has 1 aromatic carbocycles. The number of hydrogen-bond acceptors (Lipinski definition) is 4. The van der Waals surface area contributed by atoms with Crippen LogP contribution in [0.15, 0.2) is 41.7 Å². The summed E-state index contributed by atoms with van der Waals surface area (Å²) < 4.78 is 7.97. The second-order valence-corrected chi connectivity index (χ2v) is 6.15. The molecule has 1 saturated heterocycles. The highest BCUT2D eigenvalue weighted by atomic mass is 127. The van der Waals surface area contributed by atoms with Gasteiger partial charge in [0, 0.05) is 39.5 Å². The molecule has 1 aliphatic rings. The summed E-state index contributed by atoms with van der Waals surface area (Å²) in [6, 6.07) is 10.0. The van der Waals surface area contributed by atoms with Crippen molar-refractivity contribution >= 4 is 29.9 Å². The Morgan fingerprint density at radius 2 is 2.00 bits per heavy atom. The fourth-order valence-corrected chi connectivity index (χ4v) is 2.90. The van der Waals surface area contributed by atoms with E-state index in [2.05, 4.69) is 27.3 Å². The number of nitrogens with one attached hydrogen (secondary N) is 1.